The zero-order valence-corrected chi connectivity index (χ0v) is 44.8. The lowest BCUT2D eigenvalue weighted by atomic mass is 9.85. The van der Waals surface area contributed by atoms with Gasteiger partial charge < -0.3 is 51.2 Å². The summed E-state index contributed by atoms with van der Waals surface area (Å²) in [5, 5.41) is 17.9. The predicted octanol–water partition coefficient (Wildman–Crippen LogP) is 4.21. The quantitative estimate of drug-likeness (QED) is 0.104. The first-order chi connectivity index (χ1) is 35.7. The summed E-state index contributed by atoms with van der Waals surface area (Å²) in [6.07, 6.45) is 3.03. The van der Waals surface area contributed by atoms with E-state index in [1.165, 1.54) is 34.1 Å². The number of amides is 6. The number of esters is 2. The molecule has 18 nitrogen and oxygen atoms in total. The highest BCUT2D eigenvalue weighted by Crippen LogP contribution is 2.34. The Balaban J connectivity index is 1.08. The topological polar surface area (TPSA) is 234 Å². The Morgan fingerprint density at radius 2 is 1.03 bits per heavy atom. The summed E-state index contributed by atoms with van der Waals surface area (Å²) in [7, 11) is 3.28. The number of fused-ring (bicyclic) bond motifs is 2. The van der Waals surface area contributed by atoms with Crippen LogP contribution >= 0.6 is 0 Å². The molecule has 2 heterocycles. The number of ether oxygens (including phenoxy) is 2. The number of carbonyl (C=O) groups excluding carboxylic acids is 8. The standard InChI is InChI=1S/C57H76N8O10/c1-32(2)47(62-49(66)33(3)58-8)53(70)64-30-39(28-45(64)51(68)60-43-25-15-19-35-17-10-12-23-41(35)43)74-55(72)37-21-14-22-38(27-37)56(73)75-40-29-46(52(69)61-44-26-16-20-36-18-11-13-24-42(36)44)65(31-40)54(71)48(57(5,6)7)63-50(67)34(4)59-9/h10-14,17-18,21-24,27,32-34,39-40,43-48,58-59H,15-16,19-20,25-26,28-31H2,1-9H3,(H,60,68)(H,61,69)(H,62,66)(H,63,67)/t33-,34-,39-,40-,43+,44+,45?,46-,47+,48-/m0/s1. The molecular formula is C57H76N8O10. The number of hydrogen-bond acceptors (Lipinski definition) is 12. The van der Waals surface area contributed by atoms with Crippen LogP contribution in [0.4, 0.5) is 0 Å². The second kappa shape index (κ2) is 24.3. The summed E-state index contributed by atoms with van der Waals surface area (Å²) < 4.78 is 12.1. The Kier molecular flexibility index (Phi) is 18.2. The van der Waals surface area contributed by atoms with Crippen LogP contribution in [0.15, 0.2) is 72.8 Å². The number of rotatable bonds is 17. The van der Waals surface area contributed by atoms with E-state index in [-0.39, 0.29) is 61.0 Å². The van der Waals surface area contributed by atoms with Crippen molar-refractivity contribution < 1.29 is 47.8 Å². The molecule has 6 amide bonds. The van der Waals surface area contributed by atoms with Crippen LogP contribution in [0.1, 0.15) is 142 Å². The van der Waals surface area contributed by atoms with Crippen LogP contribution in [-0.4, -0.2) is 133 Å². The zero-order chi connectivity index (χ0) is 54.3. The van der Waals surface area contributed by atoms with Crippen molar-refractivity contribution in [2.75, 3.05) is 27.2 Å². The molecule has 6 N–H and O–H groups in total. The van der Waals surface area contributed by atoms with Gasteiger partial charge in [-0.15, -0.1) is 0 Å². The second-order valence-electron chi connectivity index (χ2n) is 22.0. The van der Waals surface area contributed by atoms with Crippen LogP contribution < -0.4 is 31.9 Å². The van der Waals surface area contributed by atoms with E-state index >= 15 is 0 Å². The number of benzene rings is 3. The number of nitrogens with one attached hydrogen (secondary N) is 6. The van der Waals surface area contributed by atoms with Crippen molar-refractivity contribution in [2.24, 2.45) is 11.3 Å². The number of carbonyl (C=O) groups is 8. The van der Waals surface area contributed by atoms with Gasteiger partial charge in [0.2, 0.25) is 35.4 Å². The Morgan fingerprint density at radius 3 is 1.47 bits per heavy atom. The Labute approximate surface area is 440 Å². The van der Waals surface area contributed by atoms with Gasteiger partial charge in [0, 0.05) is 12.8 Å². The van der Waals surface area contributed by atoms with Crippen molar-refractivity contribution in [1.82, 2.24) is 41.7 Å². The molecule has 2 aliphatic carbocycles. The molecule has 75 heavy (non-hydrogen) atoms. The first-order valence-corrected chi connectivity index (χ1v) is 26.5. The van der Waals surface area contributed by atoms with E-state index in [4.69, 9.17) is 9.47 Å². The monoisotopic (exact) mass is 1030 g/mol. The maximum Gasteiger partial charge on any atom is 0.338 e. The minimum Gasteiger partial charge on any atom is -0.457 e. The molecule has 10 atom stereocenters. The van der Waals surface area contributed by atoms with E-state index in [0.717, 1.165) is 47.9 Å². The summed E-state index contributed by atoms with van der Waals surface area (Å²) in [4.78, 5) is 115. The van der Waals surface area contributed by atoms with Crippen molar-refractivity contribution in [3.8, 4) is 0 Å². The first kappa shape index (κ1) is 56.1. The van der Waals surface area contributed by atoms with E-state index < -0.39 is 95.3 Å². The highest BCUT2D eigenvalue weighted by Gasteiger charge is 2.48. The maximum atomic E-state index is 14.7. The largest absolute Gasteiger partial charge is 0.457 e. The van der Waals surface area contributed by atoms with Crippen molar-refractivity contribution in [3.63, 3.8) is 0 Å². The first-order valence-electron chi connectivity index (χ1n) is 26.5. The van der Waals surface area contributed by atoms with Crippen LogP contribution in [0, 0.1) is 11.3 Å². The third-order valence-corrected chi connectivity index (χ3v) is 15.2. The third kappa shape index (κ3) is 13.2. The van der Waals surface area contributed by atoms with Crippen LogP contribution in [0.2, 0.25) is 0 Å². The summed E-state index contributed by atoms with van der Waals surface area (Å²) in [6.45, 7) is 12.2. The molecule has 0 radical (unpaired) electrons. The molecule has 0 aromatic heterocycles. The van der Waals surface area contributed by atoms with Crippen LogP contribution in [0.3, 0.4) is 0 Å². The molecule has 0 saturated carbocycles. The van der Waals surface area contributed by atoms with Crippen molar-refractivity contribution in [1.29, 1.82) is 0 Å². The lowest BCUT2D eigenvalue weighted by Crippen LogP contribution is -2.59. The molecule has 7 rings (SSSR count). The lowest BCUT2D eigenvalue weighted by Gasteiger charge is -2.36. The molecule has 0 bridgehead atoms. The molecule has 3 aromatic rings. The lowest BCUT2D eigenvalue weighted by molar-refractivity contribution is -0.144. The Hall–Kier alpha value is -6.66. The van der Waals surface area contributed by atoms with E-state index in [2.05, 4.69) is 31.9 Å². The fourth-order valence-electron chi connectivity index (χ4n) is 10.6. The van der Waals surface area contributed by atoms with E-state index in [1.807, 2.05) is 69.3 Å². The van der Waals surface area contributed by atoms with E-state index in [9.17, 15) is 38.4 Å². The van der Waals surface area contributed by atoms with Gasteiger partial charge in [-0.25, -0.2) is 9.59 Å². The van der Waals surface area contributed by atoms with Gasteiger partial charge >= 0.3 is 11.9 Å². The highest BCUT2D eigenvalue weighted by molar-refractivity contribution is 5.97. The molecule has 3 aromatic carbocycles. The molecular weight excluding hydrogens is 957 g/mol. The number of likely N-dealkylation sites (N-methyl/N-ethyl adjacent to an activating group) is 2. The summed E-state index contributed by atoms with van der Waals surface area (Å²) in [5.74, 6) is -4.52. The molecule has 0 spiro atoms. The average Bonchev–Trinajstić information content (AvgIpc) is 4.03. The van der Waals surface area contributed by atoms with Gasteiger partial charge in [0.25, 0.3) is 0 Å². The van der Waals surface area contributed by atoms with Gasteiger partial charge in [-0.2, -0.15) is 0 Å². The molecule has 2 aliphatic heterocycles. The van der Waals surface area contributed by atoms with Crippen LogP contribution in [-0.2, 0) is 51.1 Å². The summed E-state index contributed by atoms with van der Waals surface area (Å²) in [5.41, 5.74) is 3.57. The Bertz CT molecular complexity index is 2620. The Morgan fingerprint density at radius 1 is 0.587 bits per heavy atom. The molecule has 18 heteroatoms. The fraction of sp³-hybridized carbons (Fsp3) is 0.544. The number of nitrogens with zero attached hydrogens (tertiary/aromatic N) is 2. The number of likely N-dealkylation sites (tertiary alicyclic amines) is 2. The maximum absolute atomic E-state index is 14.7. The van der Waals surface area contributed by atoms with Gasteiger partial charge in [0.1, 0.15) is 36.4 Å². The smallest absolute Gasteiger partial charge is 0.338 e. The van der Waals surface area contributed by atoms with Gasteiger partial charge in [-0.1, -0.05) is 89.2 Å². The molecule has 1 unspecified atom stereocenters. The zero-order valence-electron chi connectivity index (χ0n) is 44.8. The molecule has 404 valence electrons. The number of aryl methyl sites for hydroxylation is 2. The summed E-state index contributed by atoms with van der Waals surface area (Å²) >= 11 is 0. The van der Waals surface area contributed by atoms with E-state index in [1.54, 1.807) is 41.8 Å². The van der Waals surface area contributed by atoms with Crippen molar-refractivity contribution >= 4 is 47.4 Å². The highest BCUT2D eigenvalue weighted by atomic mass is 16.5. The second-order valence-corrected chi connectivity index (χ2v) is 22.0. The summed E-state index contributed by atoms with van der Waals surface area (Å²) in [6, 6.07) is 15.8. The predicted molar refractivity (Wildman–Crippen MR) is 281 cm³/mol. The normalized spacial score (nSPS) is 22.9. The van der Waals surface area contributed by atoms with Crippen LogP contribution in [0.25, 0.3) is 0 Å². The van der Waals surface area contributed by atoms with Gasteiger partial charge in [-0.3, -0.25) is 28.8 Å². The number of hydrogen-bond donors (Lipinski definition) is 6. The molecule has 2 saturated heterocycles. The van der Waals surface area contributed by atoms with Gasteiger partial charge in [0.15, 0.2) is 0 Å². The SMILES string of the molecule is CN[C@@H](C)C(=O)N[C@@H](C(=O)N1C[C@@H](OC(=O)c2cccc(C(=O)O[C@H]3C[C@@H](C(=O)N[C@@H]4CCCc5ccccc54)N(C(=O)[C@H](NC(=O)[C@H](C)NC)C(C)(C)C)C3)c2)CC1C(=O)N[C@@H]1CCCc2ccccc21)C(C)C. The average molecular weight is 1030 g/mol. The van der Waals surface area contributed by atoms with Gasteiger partial charge in [-0.05, 0) is 118 Å². The van der Waals surface area contributed by atoms with Crippen molar-refractivity contribution in [2.45, 2.75) is 160 Å². The third-order valence-electron chi connectivity index (χ3n) is 15.2. The van der Waals surface area contributed by atoms with Crippen LogP contribution in [0.5, 0.6) is 0 Å². The minimum absolute atomic E-state index is 0.00878. The van der Waals surface area contributed by atoms with Crippen molar-refractivity contribution in [3.05, 3.63) is 106 Å². The van der Waals surface area contributed by atoms with Gasteiger partial charge in [0.05, 0.1) is 48.4 Å². The molecule has 2 fully saturated rings. The van der Waals surface area contributed by atoms with E-state index in [0.29, 0.717) is 12.8 Å². The fourth-order valence-corrected chi connectivity index (χ4v) is 10.6. The molecule has 4 aliphatic rings. The minimum atomic E-state index is -1.04.